The van der Waals surface area contributed by atoms with Crippen molar-refractivity contribution in [2.24, 2.45) is 0 Å². The number of hydrogen-bond donors (Lipinski definition) is 0. The molecule has 0 saturated carbocycles. The van der Waals surface area contributed by atoms with Crippen LogP contribution in [0.25, 0.3) is 0 Å². The fraction of sp³-hybridized carbons (Fsp3) is 0.200. The Morgan fingerprint density at radius 2 is 1.89 bits per heavy atom. The van der Waals surface area contributed by atoms with Crippen LogP contribution >= 0.6 is 27.7 Å². The summed E-state index contributed by atoms with van der Waals surface area (Å²) in [6.45, 7) is 2.47. The Bertz CT molecular complexity index is 545. The average molecular weight is 341 g/mol. The largest absolute Gasteiger partial charge is 0.488 e. The summed E-state index contributed by atoms with van der Waals surface area (Å²) in [7, 11) is 0. The van der Waals surface area contributed by atoms with Gasteiger partial charge in [0, 0.05) is 0 Å². The van der Waals surface area contributed by atoms with Crippen LogP contribution in [0, 0.1) is 5.82 Å². The maximum absolute atomic E-state index is 13.7. The molecule has 100 valence electrons. The van der Waals surface area contributed by atoms with E-state index in [1.54, 1.807) is 6.07 Å². The van der Waals surface area contributed by atoms with E-state index in [2.05, 4.69) is 15.9 Å². The number of benzene rings is 2. The van der Waals surface area contributed by atoms with Gasteiger partial charge in [0.2, 0.25) is 0 Å². The first-order chi connectivity index (χ1) is 9.22. The number of thioether (sulfide) groups is 1. The monoisotopic (exact) mass is 340 g/mol. The quantitative estimate of drug-likeness (QED) is 0.685. The Morgan fingerprint density at radius 1 is 1.16 bits per heavy atom. The predicted molar refractivity (Wildman–Crippen MR) is 81.3 cm³/mol. The van der Waals surface area contributed by atoms with Gasteiger partial charge in [0.1, 0.15) is 18.2 Å². The van der Waals surface area contributed by atoms with Crippen LogP contribution < -0.4 is 4.74 Å². The zero-order valence-electron chi connectivity index (χ0n) is 10.5. The minimum Gasteiger partial charge on any atom is -0.488 e. The summed E-state index contributed by atoms with van der Waals surface area (Å²) < 4.78 is 20.1. The molecule has 0 radical (unpaired) electrons. The first-order valence-corrected chi connectivity index (χ1v) is 7.77. The molecule has 0 heterocycles. The number of rotatable bonds is 5. The molecule has 0 unspecified atom stereocenters. The van der Waals surface area contributed by atoms with E-state index in [-0.39, 0.29) is 5.82 Å². The van der Waals surface area contributed by atoms with Gasteiger partial charge in [0.05, 0.1) is 9.37 Å². The molecule has 2 aromatic rings. The zero-order chi connectivity index (χ0) is 13.7. The number of hydrogen-bond acceptors (Lipinski definition) is 2. The van der Waals surface area contributed by atoms with Gasteiger partial charge in [0.15, 0.2) is 0 Å². The van der Waals surface area contributed by atoms with E-state index in [1.807, 2.05) is 37.3 Å². The summed E-state index contributed by atoms with van der Waals surface area (Å²) in [4.78, 5) is 0.605. The fourth-order valence-corrected chi connectivity index (χ4v) is 3.14. The van der Waals surface area contributed by atoms with Crippen molar-refractivity contribution in [3.8, 4) is 5.75 Å². The maximum atomic E-state index is 13.7. The van der Waals surface area contributed by atoms with Crippen molar-refractivity contribution in [1.29, 1.82) is 0 Å². The van der Waals surface area contributed by atoms with Gasteiger partial charge in [-0.1, -0.05) is 37.3 Å². The molecule has 0 aliphatic carbocycles. The molecule has 19 heavy (non-hydrogen) atoms. The van der Waals surface area contributed by atoms with Gasteiger partial charge < -0.3 is 4.74 Å². The number of halogens is 2. The van der Waals surface area contributed by atoms with E-state index in [4.69, 9.17) is 4.74 Å². The molecule has 2 rings (SSSR count). The molecule has 0 aliphatic rings. The van der Waals surface area contributed by atoms with Gasteiger partial charge in [-0.2, -0.15) is 0 Å². The summed E-state index contributed by atoms with van der Waals surface area (Å²) in [5.41, 5.74) is 1.09. The Labute approximate surface area is 125 Å². The van der Waals surface area contributed by atoms with Crippen LogP contribution in [0.2, 0.25) is 0 Å². The van der Waals surface area contributed by atoms with Crippen LogP contribution in [-0.2, 0) is 6.61 Å². The molecule has 0 fully saturated rings. The lowest BCUT2D eigenvalue weighted by atomic mass is 10.2. The van der Waals surface area contributed by atoms with Crippen molar-refractivity contribution in [3.63, 3.8) is 0 Å². The fourth-order valence-electron chi connectivity index (χ4n) is 1.64. The molecule has 0 saturated heterocycles. The summed E-state index contributed by atoms with van der Waals surface area (Å²) in [6.07, 6.45) is 0. The van der Waals surface area contributed by atoms with E-state index in [1.165, 1.54) is 17.8 Å². The van der Waals surface area contributed by atoms with Crippen molar-refractivity contribution in [2.45, 2.75) is 18.4 Å². The molecule has 0 amide bonds. The minimum atomic E-state index is -0.217. The van der Waals surface area contributed by atoms with Gasteiger partial charge in [-0.05, 0) is 39.4 Å². The second-order valence-electron chi connectivity index (χ2n) is 3.90. The van der Waals surface area contributed by atoms with Gasteiger partial charge in [-0.15, -0.1) is 11.8 Å². The lowest BCUT2D eigenvalue weighted by Crippen LogP contribution is -1.97. The number of ether oxygens (including phenoxy) is 1. The second kappa shape index (κ2) is 6.96. The Balaban J connectivity index is 2.15. The molecule has 2 aromatic carbocycles. The molecule has 0 aromatic heterocycles. The molecular formula is C15H14BrFOS. The summed E-state index contributed by atoms with van der Waals surface area (Å²) >= 11 is 4.88. The highest BCUT2D eigenvalue weighted by Crippen LogP contribution is 2.37. The molecule has 0 aliphatic heterocycles. The molecular weight excluding hydrogens is 327 g/mol. The third kappa shape index (κ3) is 3.74. The third-order valence-corrected chi connectivity index (χ3v) is 4.57. The van der Waals surface area contributed by atoms with Gasteiger partial charge in [-0.25, -0.2) is 4.39 Å². The van der Waals surface area contributed by atoms with E-state index >= 15 is 0 Å². The third-order valence-electron chi connectivity index (χ3n) is 2.54. The predicted octanol–water partition coefficient (Wildman–Crippen LogP) is 5.28. The van der Waals surface area contributed by atoms with Crippen LogP contribution in [0.4, 0.5) is 4.39 Å². The van der Waals surface area contributed by atoms with E-state index in [9.17, 15) is 4.39 Å². The zero-order valence-corrected chi connectivity index (χ0v) is 12.9. The van der Waals surface area contributed by atoms with Crippen LogP contribution in [0.15, 0.2) is 51.8 Å². The molecule has 4 heteroatoms. The maximum Gasteiger partial charge on any atom is 0.138 e. The van der Waals surface area contributed by atoms with Gasteiger partial charge in [-0.3, -0.25) is 0 Å². The van der Waals surface area contributed by atoms with Crippen molar-refractivity contribution < 1.29 is 9.13 Å². The van der Waals surface area contributed by atoms with E-state index in [0.29, 0.717) is 21.7 Å². The highest BCUT2D eigenvalue weighted by atomic mass is 79.9. The highest BCUT2D eigenvalue weighted by molar-refractivity contribution is 9.10. The molecule has 0 atom stereocenters. The summed E-state index contributed by atoms with van der Waals surface area (Å²) in [5.74, 6) is 1.27. The SMILES string of the molecule is CCSc1c(F)ccc(OCc2ccccc2)c1Br. The van der Waals surface area contributed by atoms with E-state index < -0.39 is 0 Å². The highest BCUT2D eigenvalue weighted by Gasteiger charge is 2.12. The first kappa shape index (κ1) is 14.4. The van der Waals surface area contributed by atoms with Crippen LogP contribution in [-0.4, -0.2) is 5.75 Å². The molecule has 0 spiro atoms. The standard InChI is InChI=1S/C15H14BrFOS/c1-2-19-15-12(17)8-9-13(14(15)16)18-10-11-6-4-3-5-7-11/h3-9H,2,10H2,1H3. The van der Waals surface area contributed by atoms with Crippen molar-refractivity contribution in [3.05, 3.63) is 58.3 Å². The lowest BCUT2D eigenvalue weighted by molar-refractivity contribution is 0.302. The molecule has 0 bridgehead atoms. The van der Waals surface area contributed by atoms with Crippen LogP contribution in [0.3, 0.4) is 0 Å². The van der Waals surface area contributed by atoms with Crippen molar-refractivity contribution in [2.75, 3.05) is 5.75 Å². The lowest BCUT2D eigenvalue weighted by Gasteiger charge is -2.11. The van der Waals surface area contributed by atoms with Crippen LogP contribution in [0.1, 0.15) is 12.5 Å². The minimum absolute atomic E-state index is 0.217. The van der Waals surface area contributed by atoms with Crippen LogP contribution in [0.5, 0.6) is 5.75 Å². The smallest absolute Gasteiger partial charge is 0.138 e. The summed E-state index contributed by atoms with van der Waals surface area (Å²) in [5, 5.41) is 0. The van der Waals surface area contributed by atoms with E-state index in [0.717, 1.165) is 11.3 Å². The van der Waals surface area contributed by atoms with Crippen molar-refractivity contribution in [1.82, 2.24) is 0 Å². The molecule has 1 nitrogen and oxygen atoms in total. The van der Waals surface area contributed by atoms with Gasteiger partial charge >= 0.3 is 0 Å². The summed E-state index contributed by atoms with van der Waals surface area (Å²) in [6, 6.07) is 13.0. The second-order valence-corrected chi connectivity index (χ2v) is 5.96. The van der Waals surface area contributed by atoms with Gasteiger partial charge in [0.25, 0.3) is 0 Å². The Hall–Kier alpha value is -1.00. The Morgan fingerprint density at radius 3 is 2.58 bits per heavy atom. The Kier molecular flexibility index (Phi) is 5.28. The normalized spacial score (nSPS) is 10.5. The van der Waals surface area contributed by atoms with Crippen molar-refractivity contribution >= 4 is 27.7 Å². The topological polar surface area (TPSA) is 9.23 Å². The average Bonchev–Trinajstić information content (AvgIpc) is 2.44. The molecule has 0 N–H and O–H groups in total. The first-order valence-electron chi connectivity index (χ1n) is 6.00.